The van der Waals surface area contributed by atoms with E-state index >= 15 is 0 Å². The van der Waals surface area contributed by atoms with Crippen molar-refractivity contribution in [2.75, 3.05) is 24.6 Å². The van der Waals surface area contributed by atoms with Crippen LogP contribution in [-0.2, 0) is 4.79 Å². The third kappa shape index (κ3) is 6.13. The summed E-state index contributed by atoms with van der Waals surface area (Å²) in [5, 5.41) is 8.88. The molecule has 1 unspecified atom stereocenters. The number of hydrogen-bond acceptors (Lipinski definition) is 3. The average molecular weight is 257 g/mol. The normalized spacial score (nSPS) is 21.3. The Labute approximate surface area is 108 Å². The van der Waals surface area contributed by atoms with E-state index in [-0.39, 0.29) is 6.04 Å². The van der Waals surface area contributed by atoms with E-state index in [1.165, 1.54) is 19.3 Å². The van der Waals surface area contributed by atoms with Gasteiger partial charge in [-0.15, -0.1) is 6.58 Å². The summed E-state index contributed by atoms with van der Waals surface area (Å²) < 4.78 is 0. The number of carboxylic acids is 1. The molecule has 0 radical (unpaired) electrons. The molecule has 0 bridgehead atoms. The second-order valence-corrected chi connectivity index (χ2v) is 5.65. The van der Waals surface area contributed by atoms with E-state index in [9.17, 15) is 4.79 Å². The molecule has 98 valence electrons. The highest BCUT2D eigenvalue weighted by Crippen LogP contribution is 2.19. The minimum absolute atomic E-state index is 0.241. The van der Waals surface area contributed by atoms with Crippen LogP contribution in [0.2, 0.25) is 0 Å². The van der Waals surface area contributed by atoms with Crippen LogP contribution in [0.15, 0.2) is 12.7 Å². The van der Waals surface area contributed by atoms with Crippen molar-refractivity contribution >= 4 is 17.7 Å². The first-order valence-corrected chi connectivity index (χ1v) is 7.54. The smallest absolute Gasteiger partial charge is 0.304 e. The summed E-state index contributed by atoms with van der Waals surface area (Å²) in [7, 11) is 0. The highest BCUT2D eigenvalue weighted by Gasteiger charge is 2.24. The summed E-state index contributed by atoms with van der Waals surface area (Å²) in [5.41, 5.74) is 0. The second kappa shape index (κ2) is 8.59. The van der Waals surface area contributed by atoms with Crippen molar-refractivity contribution < 1.29 is 9.90 Å². The maximum absolute atomic E-state index is 10.8. The van der Waals surface area contributed by atoms with Crippen molar-refractivity contribution in [2.24, 2.45) is 0 Å². The zero-order valence-electron chi connectivity index (χ0n) is 10.4. The van der Waals surface area contributed by atoms with Gasteiger partial charge in [0.15, 0.2) is 0 Å². The number of allylic oxidation sites excluding steroid dienone is 1. The van der Waals surface area contributed by atoms with Crippen molar-refractivity contribution in [3.05, 3.63) is 12.7 Å². The summed E-state index contributed by atoms with van der Waals surface area (Å²) in [5.74, 6) is 1.44. The molecule has 1 heterocycles. The van der Waals surface area contributed by atoms with E-state index < -0.39 is 5.97 Å². The maximum Gasteiger partial charge on any atom is 0.304 e. The largest absolute Gasteiger partial charge is 0.481 e. The quantitative estimate of drug-likeness (QED) is 0.536. The number of nitrogens with zero attached hydrogens (tertiary/aromatic N) is 1. The van der Waals surface area contributed by atoms with Crippen molar-refractivity contribution in [1.29, 1.82) is 0 Å². The second-order valence-electron chi connectivity index (χ2n) is 4.50. The zero-order valence-corrected chi connectivity index (χ0v) is 11.3. The van der Waals surface area contributed by atoms with Gasteiger partial charge < -0.3 is 5.11 Å². The van der Waals surface area contributed by atoms with E-state index in [1.54, 1.807) is 0 Å². The molecule has 17 heavy (non-hydrogen) atoms. The molecule has 0 spiro atoms. The number of rotatable bonds is 8. The SMILES string of the molecule is C=CCCCCCN1CCSCC1CC(=O)O. The molecule has 1 N–H and O–H groups in total. The topological polar surface area (TPSA) is 40.5 Å². The van der Waals surface area contributed by atoms with Gasteiger partial charge in [0.2, 0.25) is 0 Å². The molecule has 0 aromatic carbocycles. The Morgan fingerprint density at radius 3 is 3.00 bits per heavy atom. The summed E-state index contributed by atoms with van der Waals surface area (Å²) in [4.78, 5) is 13.1. The third-order valence-electron chi connectivity index (χ3n) is 3.11. The summed E-state index contributed by atoms with van der Waals surface area (Å²) >= 11 is 1.88. The molecule has 0 amide bonds. The van der Waals surface area contributed by atoms with Crippen molar-refractivity contribution in [3.63, 3.8) is 0 Å². The van der Waals surface area contributed by atoms with Crippen LogP contribution in [0.3, 0.4) is 0 Å². The lowest BCUT2D eigenvalue weighted by atomic mass is 10.1. The van der Waals surface area contributed by atoms with Gasteiger partial charge in [0, 0.05) is 24.1 Å². The minimum atomic E-state index is -0.672. The number of carbonyl (C=O) groups is 1. The Morgan fingerprint density at radius 1 is 1.47 bits per heavy atom. The monoisotopic (exact) mass is 257 g/mol. The highest BCUT2D eigenvalue weighted by molar-refractivity contribution is 7.99. The first-order valence-electron chi connectivity index (χ1n) is 6.38. The molecule has 1 saturated heterocycles. The van der Waals surface area contributed by atoms with Gasteiger partial charge in [0.1, 0.15) is 0 Å². The molecular weight excluding hydrogens is 234 g/mol. The van der Waals surface area contributed by atoms with Crippen LogP contribution in [0, 0.1) is 0 Å². The minimum Gasteiger partial charge on any atom is -0.481 e. The van der Waals surface area contributed by atoms with Gasteiger partial charge in [-0.25, -0.2) is 0 Å². The fraction of sp³-hybridized carbons (Fsp3) is 0.769. The zero-order chi connectivity index (χ0) is 12.5. The Bertz CT molecular complexity index is 246. The van der Waals surface area contributed by atoms with Gasteiger partial charge in [-0.2, -0.15) is 11.8 Å². The fourth-order valence-corrected chi connectivity index (χ4v) is 3.28. The molecule has 1 aliphatic rings. The number of unbranched alkanes of at least 4 members (excludes halogenated alkanes) is 3. The van der Waals surface area contributed by atoms with Gasteiger partial charge >= 0.3 is 5.97 Å². The van der Waals surface area contributed by atoms with Crippen molar-refractivity contribution in [1.82, 2.24) is 4.90 Å². The summed E-state index contributed by atoms with van der Waals surface area (Å²) in [6.07, 6.45) is 6.94. The molecule has 1 aliphatic heterocycles. The van der Waals surface area contributed by atoms with Crippen LogP contribution in [0.25, 0.3) is 0 Å². The van der Waals surface area contributed by atoms with Gasteiger partial charge in [0.25, 0.3) is 0 Å². The molecular formula is C13H23NO2S. The van der Waals surface area contributed by atoms with Crippen LogP contribution in [-0.4, -0.2) is 46.6 Å². The first-order chi connectivity index (χ1) is 8.24. The lowest BCUT2D eigenvalue weighted by Crippen LogP contribution is -2.43. The predicted octanol–water partition coefficient (Wildman–Crippen LogP) is 2.62. The van der Waals surface area contributed by atoms with Crippen molar-refractivity contribution in [3.8, 4) is 0 Å². The van der Waals surface area contributed by atoms with E-state index in [1.807, 2.05) is 17.8 Å². The van der Waals surface area contributed by atoms with E-state index in [0.29, 0.717) is 6.42 Å². The molecule has 1 fully saturated rings. The van der Waals surface area contributed by atoms with Crippen LogP contribution in [0.1, 0.15) is 32.1 Å². The number of aliphatic carboxylic acids is 1. The molecule has 1 rings (SSSR count). The summed E-state index contributed by atoms with van der Waals surface area (Å²) in [6, 6.07) is 0.241. The standard InChI is InChI=1S/C13H23NO2S/c1-2-3-4-5-6-7-14-8-9-17-11-12(14)10-13(15)16/h2,12H,1,3-11H2,(H,15,16). The Kier molecular flexibility index (Phi) is 7.37. The molecule has 3 nitrogen and oxygen atoms in total. The summed E-state index contributed by atoms with van der Waals surface area (Å²) in [6.45, 7) is 5.81. The molecule has 0 aromatic rings. The van der Waals surface area contributed by atoms with E-state index in [2.05, 4.69) is 11.5 Å². The molecule has 1 atom stereocenters. The Morgan fingerprint density at radius 2 is 2.29 bits per heavy atom. The van der Waals surface area contributed by atoms with Crippen LogP contribution < -0.4 is 0 Å². The lowest BCUT2D eigenvalue weighted by molar-refractivity contribution is -0.138. The molecule has 4 heteroatoms. The maximum atomic E-state index is 10.8. The predicted molar refractivity (Wildman–Crippen MR) is 73.6 cm³/mol. The van der Waals surface area contributed by atoms with Gasteiger partial charge in [0.05, 0.1) is 6.42 Å². The van der Waals surface area contributed by atoms with Gasteiger partial charge in [-0.3, -0.25) is 9.69 Å². The van der Waals surface area contributed by atoms with E-state index in [4.69, 9.17) is 5.11 Å². The number of carboxylic acid groups (broad SMARTS) is 1. The highest BCUT2D eigenvalue weighted by atomic mass is 32.2. The van der Waals surface area contributed by atoms with Gasteiger partial charge in [-0.1, -0.05) is 12.5 Å². The van der Waals surface area contributed by atoms with Crippen LogP contribution in [0.5, 0.6) is 0 Å². The van der Waals surface area contributed by atoms with Gasteiger partial charge in [-0.05, 0) is 25.8 Å². The fourth-order valence-electron chi connectivity index (χ4n) is 2.15. The Hall–Kier alpha value is -0.480. The molecule has 0 saturated carbocycles. The van der Waals surface area contributed by atoms with E-state index in [0.717, 1.165) is 31.0 Å². The van der Waals surface area contributed by atoms with Crippen molar-refractivity contribution in [2.45, 2.75) is 38.1 Å². The van der Waals surface area contributed by atoms with Crippen LogP contribution >= 0.6 is 11.8 Å². The third-order valence-corrected chi connectivity index (χ3v) is 4.21. The first kappa shape index (κ1) is 14.6. The molecule has 0 aliphatic carbocycles. The number of hydrogen-bond donors (Lipinski definition) is 1. The van der Waals surface area contributed by atoms with Crippen LogP contribution in [0.4, 0.5) is 0 Å². The number of thioether (sulfide) groups is 1. The molecule has 0 aromatic heterocycles. The lowest BCUT2D eigenvalue weighted by Gasteiger charge is -2.34. The Balaban J connectivity index is 2.22. The average Bonchev–Trinajstić information content (AvgIpc) is 2.30.